The number of nitrogens with zero attached hydrogens (tertiary/aromatic N) is 4. The second-order valence-electron chi connectivity index (χ2n) is 14.8. The van der Waals surface area contributed by atoms with E-state index in [0.29, 0.717) is 11.8 Å². The summed E-state index contributed by atoms with van der Waals surface area (Å²) in [5.41, 5.74) is 12.7. The molecule has 0 N–H and O–H groups in total. The van der Waals surface area contributed by atoms with Crippen LogP contribution in [0.2, 0.25) is 0 Å². The fourth-order valence-electron chi connectivity index (χ4n) is 8.89. The minimum absolute atomic E-state index is 0.174. The van der Waals surface area contributed by atoms with Crippen molar-refractivity contribution in [2.75, 3.05) is 0 Å². The normalized spacial score (nSPS) is 13.4. The van der Waals surface area contributed by atoms with Gasteiger partial charge < -0.3 is 0 Å². The number of thiophene rings is 1. The number of hydrogen-bond donors (Lipinski definition) is 0. The fourth-order valence-corrected chi connectivity index (χ4v) is 10.0. The number of para-hydroxylation sites is 1. The summed E-state index contributed by atoms with van der Waals surface area (Å²) in [6.45, 7) is 0. The van der Waals surface area contributed by atoms with Gasteiger partial charge in [-0.3, -0.25) is 4.57 Å². The molecule has 11 aromatic rings. The Bertz CT molecular complexity index is 3360. The molecule has 0 radical (unpaired) electrons. The summed E-state index contributed by atoms with van der Waals surface area (Å²) >= 11 is 1.81. The zero-order valence-corrected chi connectivity index (χ0v) is 31.5. The van der Waals surface area contributed by atoms with Gasteiger partial charge in [0.25, 0.3) is 0 Å². The molecule has 4 nitrogen and oxygen atoms in total. The summed E-state index contributed by atoms with van der Waals surface area (Å²) in [6.07, 6.45) is 0. The van der Waals surface area contributed by atoms with Crippen molar-refractivity contribution in [1.29, 1.82) is 0 Å². The van der Waals surface area contributed by atoms with Crippen LogP contribution in [-0.4, -0.2) is 19.5 Å². The summed E-state index contributed by atoms with van der Waals surface area (Å²) < 4.78 is 4.72. The Labute approximate surface area is 333 Å². The minimum atomic E-state index is -0.174. The highest BCUT2D eigenvalue weighted by molar-refractivity contribution is 7.25. The molecule has 0 amide bonds. The summed E-state index contributed by atoms with van der Waals surface area (Å²) in [5, 5.41) is 4.84. The van der Waals surface area contributed by atoms with Gasteiger partial charge in [0.15, 0.2) is 5.82 Å². The Morgan fingerprint density at radius 2 is 1.02 bits per heavy atom. The number of aromatic nitrogens is 4. The van der Waals surface area contributed by atoms with Crippen LogP contribution in [-0.2, 0) is 0 Å². The third-order valence-corrected chi connectivity index (χ3v) is 12.7. The molecule has 0 saturated heterocycles. The Morgan fingerprint density at radius 3 is 1.86 bits per heavy atom. The molecule has 0 saturated carbocycles. The van der Waals surface area contributed by atoms with Gasteiger partial charge in [-0.15, -0.1) is 11.3 Å². The van der Waals surface area contributed by atoms with Gasteiger partial charge in [-0.25, -0.2) is 4.98 Å². The number of fused-ring (bicyclic) bond motifs is 9. The van der Waals surface area contributed by atoms with Crippen LogP contribution in [0.3, 0.4) is 0 Å². The third-order valence-electron chi connectivity index (χ3n) is 11.5. The summed E-state index contributed by atoms with van der Waals surface area (Å²) in [4.78, 5) is 16.3. The third kappa shape index (κ3) is 5.10. The first-order valence-corrected chi connectivity index (χ1v) is 20.1. The molecule has 1 aliphatic carbocycles. The highest BCUT2D eigenvalue weighted by atomic mass is 32.1. The predicted octanol–water partition coefficient (Wildman–Crippen LogP) is 13.5. The molecule has 0 bridgehead atoms. The van der Waals surface area contributed by atoms with Crippen LogP contribution < -0.4 is 0 Å². The van der Waals surface area contributed by atoms with Gasteiger partial charge in [0.2, 0.25) is 5.95 Å². The maximum atomic E-state index is 5.48. The average Bonchev–Trinajstić information content (AvgIpc) is 3.94. The molecule has 0 aliphatic heterocycles. The molecule has 0 spiro atoms. The van der Waals surface area contributed by atoms with Crippen LogP contribution >= 0.6 is 11.3 Å². The van der Waals surface area contributed by atoms with E-state index in [9.17, 15) is 0 Å². The maximum Gasteiger partial charge on any atom is 0.238 e. The zero-order chi connectivity index (χ0) is 37.5. The lowest BCUT2D eigenvalue weighted by molar-refractivity contribution is 0.823. The minimum Gasteiger partial charge on any atom is -0.278 e. The Balaban J connectivity index is 1.11. The van der Waals surface area contributed by atoms with Gasteiger partial charge in [0, 0.05) is 36.5 Å². The van der Waals surface area contributed by atoms with E-state index in [4.69, 9.17) is 15.0 Å². The van der Waals surface area contributed by atoms with Crippen molar-refractivity contribution < 1.29 is 0 Å². The van der Waals surface area contributed by atoms with Crippen molar-refractivity contribution in [2.24, 2.45) is 0 Å². The highest BCUT2D eigenvalue weighted by Gasteiger charge is 2.33. The Morgan fingerprint density at radius 1 is 0.386 bits per heavy atom. The van der Waals surface area contributed by atoms with Crippen molar-refractivity contribution in [3.63, 3.8) is 0 Å². The van der Waals surface area contributed by atoms with Crippen LogP contribution in [0.1, 0.15) is 22.9 Å². The number of rotatable bonds is 5. The lowest BCUT2D eigenvalue weighted by Gasteiger charge is -2.16. The van der Waals surface area contributed by atoms with Gasteiger partial charge in [-0.2, -0.15) is 9.97 Å². The molecule has 266 valence electrons. The van der Waals surface area contributed by atoms with E-state index in [1.54, 1.807) is 0 Å². The van der Waals surface area contributed by atoms with E-state index in [0.717, 1.165) is 33.2 Å². The van der Waals surface area contributed by atoms with E-state index in [1.165, 1.54) is 64.7 Å². The number of benzene rings is 8. The van der Waals surface area contributed by atoms with E-state index < -0.39 is 0 Å². The van der Waals surface area contributed by atoms with E-state index in [2.05, 4.69) is 193 Å². The van der Waals surface area contributed by atoms with E-state index in [-0.39, 0.29) is 5.92 Å². The standard InChI is InChI=1S/C52H32N4S/c1-3-13-32(14-4-1)34-23-27-42-43(29-34)37-17-7-8-20-41(37)49(42)51-53-50(36-24-26-40-39-19-10-12-22-47(39)57-48(40)31-36)54-52(55-51)56-45-21-11-9-18-38(45)44-30-35(25-28-46(44)56)33-15-5-2-6-16-33/h1-31,49H. The summed E-state index contributed by atoms with van der Waals surface area (Å²) in [5.74, 6) is 1.83. The van der Waals surface area contributed by atoms with Crippen molar-refractivity contribution in [3.05, 3.63) is 205 Å². The largest absolute Gasteiger partial charge is 0.278 e. The predicted molar refractivity (Wildman–Crippen MR) is 236 cm³/mol. The second kappa shape index (κ2) is 12.7. The first kappa shape index (κ1) is 32.1. The summed E-state index contributed by atoms with van der Waals surface area (Å²) in [6, 6.07) is 67.4. The van der Waals surface area contributed by atoms with Crippen molar-refractivity contribution in [1.82, 2.24) is 19.5 Å². The van der Waals surface area contributed by atoms with Gasteiger partial charge >= 0.3 is 0 Å². The van der Waals surface area contributed by atoms with Crippen molar-refractivity contribution in [2.45, 2.75) is 5.92 Å². The van der Waals surface area contributed by atoms with Gasteiger partial charge in [0.1, 0.15) is 5.82 Å². The molecule has 12 rings (SSSR count). The molecule has 57 heavy (non-hydrogen) atoms. The first-order chi connectivity index (χ1) is 28.2. The van der Waals surface area contributed by atoms with Crippen LogP contribution in [0.4, 0.5) is 0 Å². The average molecular weight is 745 g/mol. The van der Waals surface area contributed by atoms with Crippen LogP contribution in [0.25, 0.3) is 92.7 Å². The zero-order valence-electron chi connectivity index (χ0n) is 30.7. The van der Waals surface area contributed by atoms with E-state index >= 15 is 0 Å². The van der Waals surface area contributed by atoms with Crippen molar-refractivity contribution >= 4 is 53.3 Å². The second-order valence-corrected chi connectivity index (χ2v) is 15.8. The van der Waals surface area contributed by atoms with Gasteiger partial charge in [-0.1, -0.05) is 152 Å². The van der Waals surface area contributed by atoms with Gasteiger partial charge in [-0.05, 0) is 80.9 Å². The molecule has 8 aromatic carbocycles. The van der Waals surface area contributed by atoms with E-state index in [1.807, 2.05) is 11.3 Å². The van der Waals surface area contributed by atoms with Crippen molar-refractivity contribution in [3.8, 4) is 50.7 Å². The molecular formula is C52H32N4S. The monoisotopic (exact) mass is 744 g/mol. The molecular weight excluding hydrogens is 713 g/mol. The lowest BCUT2D eigenvalue weighted by atomic mass is 9.94. The maximum absolute atomic E-state index is 5.48. The number of hydrogen-bond acceptors (Lipinski definition) is 4. The van der Waals surface area contributed by atoms with Gasteiger partial charge in [0.05, 0.1) is 17.0 Å². The first-order valence-electron chi connectivity index (χ1n) is 19.3. The Hall–Kier alpha value is -7.21. The molecule has 1 atom stereocenters. The molecule has 3 heterocycles. The highest BCUT2D eigenvalue weighted by Crippen LogP contribution is 2.49. The fraction of sp³-hybridized carbons (Fsp3) is 0.0192. The van der Waals surface area contributed by atoms with Crippen LogP contribution in [0.15, 0.2) is 188 Å². The Kier molecular flexibility index (Phi) is 7.13. The summed E-state index contributed by atoms with van der Waals surface area (Å²) in [7, 11) is 0. The smallest absolute Gasteiger partial charge is 0.238 e. The molecule has 5 heteroatoms. The van der Waals surface area contributed by atoms with Crippen LogP contribution in [0, 0.1) is 0 Å². The topological polar surface area (TPSA) is 43.6 Å². The lowest BCUT2D eigenvalue weighted by Crippen LogP contribution is -2.12. The molecule has 3 aromatic heterocycles. The molecule has 1 unspecified atom stereocenters. The SMILES string of the molecule is c1ccc(-c2ccc3c(c2)-c2ccccc2C3c2nc(-c3ccc4c(c3)sc3ccccc34)nc(-n3c4ccccc4c4cc(-c5ccccc5)ccc43)n2)cc1. The molecule has 1 aliphatic rings. The quantitative estimate of drug-likeness (QED) is 0.176. The van der Waals surface area contributed by atoms with Crippen LogP contribution in [0.5, 0.6) is 0 Å². The molecule has 0 fully saturated rings.